The first-order chi connectivity index (χ1) is 16.9. The molecule has 2 amide bonds. The molecule has 1 N–H and O–H groups in total. The summed E-state index contributed by atoms with van der Waals surface area (Å²) in [7, 11) is 1.54. The zero-order valence-corrected chi connectivity index (χ0v) is 20.9. The average molecular weight is 514 g/mol. The lowest BCUT2D eigenvalue weighted by atomic mass is 10.0. The van der Waals surface area contributed by atoms with Crippen LogP contribution in [0.2, 0.25) is 5.15 Å². The number of amides is 2. The number of ether oxygens (including phenoxy) is 2. The third-order valence-corrected chi connectivity index (χ3v) is 7.27. The summed E-state index contributed by atoms with van der Waals surface area (Å²) in [4.78, 5) is 41.7. The van der Waals surface area contributed by atoms with Gasteiger partial charge < -0.3 is 14.4 Å². The first kappa shape index (κ1) is 23.7. The fourth-order valence-corrected chi connectivity index (χ4v) is 5.45. The number of anilines is 1. The Hall–Kier alpha value is -3.08. The predicted octanol–water partition coefficient (Wildman–Crippen LogP) is 4.23. The van der Waals surface area contributed by atoms with E-state index in [0.717, 1.165) is 35.5 Å². The molecule has 1 atom stereocenters. The van der Waals surface area contributed by atoms with Crippen molar-refractivity contribution in [1.29, 1.82) is 0 Å². The number of fused-ring (bicyclic) bond motifs is 1. The molecule has 0 saturated carbocycles. The number of pyridine rings is 2. The molecule has 0 aromatic carbocycles. The number of rotatable bonds is 5. The van der Waals surface area contributed by atoms with E-state index in [1.54, 1.807) is 11.0 Å². The number of methoxy groups -OCH3 is 1. The number of hydrogen-bond donors (Lipinski definition) is 1. The Morgan fingerprint density at radius 3 is 2.80 bits per heavy atom. The lowest BCUT2D eigenvalue weighted by Crippen LogP contribution is -2.39. The van der Waals surface area contributed by atoms with Crippen LogP contribution in [-0.2, 0) is 22.6 Å². The van der Waals surface area contributed by atoms with Gasteiger partial charge >= 0.3 is 0 Å². The first-order valence-electron chi connectivity index (χ1n) is 11.3. The van der Waals surface area contributed by atoms with Gasteiger partial charge in [0.15, 0.2) is 5.13 Å². The molecule has 3 aromatic rings. The van der Waals surface area contributed by atoms with Crippen molar-refractivity contribution in [2.24, 2.45) is 0 Å². The Morgan fingerprint density at radius 1 is 1.20 bits per heavy atom. The van der Waals surface area contributed by atoms with E-state index < -0.39 is 0 Å². The van der Waals surface area contributed by atoms with Crippen LogP contribution in [0.4, 0.5) is 5.13 Å². The molecular weight excluding hydrogens is 490 g/mol. The summed E-state index contributed by atoms with van der Waals surface area (Å²) >= 11 is 7.50. The smallest absolute Gasteiger partial charge is 0.259 e. The van der Waals surface area contributed by atoms with Gasteiger partial charge in [0, 0.05) is 29.6 Å². The number of thiazole rings is 1. The van der Waals surface area contributed by atoms with Crippen molar-refractivity contribution >= 4 is 39.9 Å². The molecule has 0 spiro atoms. The molecule has 5 heterocycles. The van der Waals surface area contributed by atoms with Crippen LogP contribution in [0.25, 0.3) is 11.1 Å². The van der Waals surface area contributed by atoms with Gasteiger partial charge in [-0.05, 0) is 38.3 Å². The molecule has 5 rings (SSSR count). The SMILES string of the molecule is COc1cnc(Cl)cc1-c1cc(C)ncc1C(=O)Nc1nc2c(s1)CN(C(=O)C1CCCCO1)C2. The van der Waals surface area contributed by atoms with Gasteiger partial charge in [-0.15, -0.1) is 0 Å². The van der Waals surface area contributed by atoms with Gasteiger partial charge in [-0.25, -0.2) is 9.97 Å². The number of aromatic nitrogens is 3. The number of hydrogen-bond acceptors (Lipinski definition) is 8. The van der Waals surface area contributed by atoms with Crippen LogP contribution < -0.4 is 10.1 Å². The molecule has 1 saturated heterocycles. The number of nitrogens with one attached hydrogen (secondary N) is 1. The van der Waals surface area contributed by atoms with Crippen molar-refractivity contribution in [3.8, 4) is 16.9 Å². The maximum absolute atomic E-state index is 13.3. The second kappa shape index (κ2) is 9.88. The number of halogens is 1. The monoisotopic (exact) mass is 513 g/mol. The van der Waals surface area contributed by atoms with Crippen LogP contribution in [0.15, 0.2) is 24.5 Å². The van der Waals surface area contributed by atoms with E-state index in [1.165, 1.54) is 30.8 Å². The molecule has 0 radical (unpaired) electrons. The Bertz CT molecular complexity index is 1270. The Balaban J connectivity index is 1.34. The molecule has 1 unspecified atom stereocenters. The molecule has 1 fully saturated rings. The Labute approximate surface area is 211 Å². The number of aryl methyl sites for hydroxylation is 1. The second-order valence-electron chi connectivity index (χ2n) is 8.47. The average Bonchev–Trinajstić information content (AvgIpc) is 3.42. The van der Waals surface area contributed by atoms with Crippen LogP contribution in [-0.4, -0.2) is 51.5 Å². The fourth-order valence-electron chi connectivity index (χ4n) is 4.31. The third kappa shape index (κ3) is 4.86. The maximum atomic E-state index is 13.3. The highest BCUT2D eigenvalue weighted by atomic mass is 35.5. The lowest BCUT2D eigenvalue weighted by Gasteiger charge is -2.26. The van der Waals surface area contributed by atoms with Gasteiger partial charge in [-0.3, -0.25) is 19.9 Å². The first-order valence-corrected chi connectivity index (χ1v) is 12.5. The minimum atomic E-state index is -0.358. The van der Waals surface area contributed by atoms with Crippen molar-refractivity contribution in [1.82, 2.24) is 19.9 Å². The minimum Gasteiger partial charge on any atom is -0.494 e. The van der Waals surface area contributed by atoms with Crippen molar-refractivity contribution < 1.29 is 19.1 Å². The van der Waals surface area contributed by atoms with Crippen LogP contribution in [0.1, 0.15) is 45.9 Å². The van der Waals surface area contributed by atoms with Gasteiger partial charge in [-0.1, -0.05) is 22.9 Å². The quantitative estimate of drug-likeness (QED) is 0.508. The number of nitrogens with zero attached hydrogens (tertiary/aromatic N) is 4. The van der Waals surface area contributed by atoms with Crippen LogP contribution in [0.5, 0.6) is 5.75 Å². The highest BCUT2D eigenvalue weighted by Crippen LogP contribution is 2.35. The largest absolute Gasteiger partial charge is 0.494 e. The van der Waals surface area contributed by atoms with Gasteiger partial charge in [0.1, 0.15) is 17.0 Å². The molecule has 35 heavy (non-hydrogen) atoms. The molecule has 11 heteroatoms. The molecule has 0 bridgehead atoms. The third-order valence-electron chi connectivity index (χ3n) is 6.07. The minimum absolute atomic E-state index is 0.0146. The van der Waals surface area contributed by atoms with Crippen LogP contribution in [0, 0.1) is 6.92 Å². The standard InChI is InChI=1S/C24H24ClN5O4S/c1-13-7-14(15-8-21(25)27-10-19(15)33-2)16(9-26-13)22(31)29-24-28-17-11-30(12-20(17)35-24)23(32)18-5-3-4-6-34-18/h7-10,18H,3-6,11-12H2,1-2H3,(H,28,29,31). The number of carbonyl (C=O) groups excluding carboxylic acids is 2. The molecule has 2 aliphatic heterocycles. The summed E-state index contributed by atoms with van der Waals surface area (Å²) in [6.07, 6.45) is 5.46. The van der Waals surface area contributed by atoms with Gasteiger partial charge in [0.2, 0.25) is 0 Å². The Morgan fingerprint density at radius 2 is 2.06 bits per heavy atom. The van der Waals surface area contributed by atoms with Gasteiger partial charge in [0.05, 0.1) is 42.5 Å². The molecule has 182 valence electrons. The topological polar surface area (TPSA) is 107 Å². The van der Waals surface area contributed by atoms with Crippen molar-refractivity contribution in [2.45, 2.75) is 45.4 Å². The van der Waals surface area contributed by atoms with Crippen LogP contribution in [0.3, 0.4) is 0 Å². The molecule has 0 aliphatic carbocycles. The highest BCUT2D eigenvalue weighted by Gasteiger charge is 2.33. The van der Waals surface area contributed by atoms with Gasteiger partial charge in [-0.2, -0.15) is 0 Å². The summed E-state index contributed by atoms with van der Waals surface area (Å²) in [5.74, 6) is 0.160. The Kier molecular flexibility index (Phi) is 6.68. The normalized spacial score (nSPS) is 17.2. The summed E-state index contributed by atoms with van der Waals surface area (Å²) in [6.45, 7) is 3.38. The van der Waals surface area contributed by atoms with E-state index in [2.05, 4.69) is 20.3 Å². The van der Waals surface area contributed by atoms with E-state index in [9.17, 15) is 9.59 Å². The zero-order chi connectivity index (χ0) is 24.5. The van der Waals surface area contributed by atoms with E-state index in [-0.39, 0.29) is 23.1 Å². The molecule has 2 aliphatic rings. The van der Waals surface area contributed by atoms with E-state index in [4.69, 9.17) is 21.1 Å². The van der Waals surface area contributed by atoms with Crippen LogP contribution >= 0.6 is 22.9 Å². The number of carbonyl (C=O) groups is 2. The van der Waals surface area contributed by atoms with E-state index in [1.807, 2.05) is 13.0 Å². The van der Waals surface area contributed by atoms with E-state index in [0.29, 0.717) is 47.3 Å². The van der Waals surface area contributed by atoms with E-state index >= 15 is 0 Å². The summed E-state index contributed by atoms with van der Waals surface area (Å²) in [5.41, 5.74) is 3.18. The molecule has 9 nitrogen and oxygen atoms in total. The lowest BCUT2D eigenvalue weighted by molar-refractivity contribution is -0.147. The zero-order valence-electron chi connectivity index (χ0n) is 19.3. The second-order valence-corrected chi connectivity index (χ2v) is 9.94. The predicted molar refractivity (Wildman–Crippen MR) is 132 cm³/mol. The molecular formula is C24H24ClN5O4S. The summed E-state index contributed by atoms with van der Waals surface area (Å²) in [5, 5.41) is 3.65. The molecule has 3 aromatic heterocycles. The highest BCUT2D eigenvalue weighted by molar-refractivity contribution is 7.16. The van der Waals surface area contributed by atoms with Crippen molar-refractivity contribution in [3.63, 3.8) is 0 Å². The van der Waals surface area contributed by atoms with Gasteiger partial charge in [0.25, 0.3) is 11.8 Å². The summed E-state index contributed by atoms with van der Waals surface area (Å²) < 4.78 is 11.1. The van der Waals surface area contributed by atoms with Crippen molar-refractivity contribution in [3.05, 3.63) is 51.5 Å². The summed E-state index contributed by atoms with van der Waals surface area (Å²) in [6, 6.07) is 3.47. The maximum Gasteiger partial charge on any atom is 0.259 e. The van der Waals surface area contributed by atoms with Crippen molar-refractivity contribution in [2.75, 3.05) is 19.0 Å². The fraction of sp³-hybridized carbons (Fsp3) is 0.375.